The molecule has 8 heteroatoms. The molecule has 0 bridgehead atoms. The Morgan fingerprint density at radius 1 is 1.12 bits per heavy atom. The fraction of sp³-hybridized carbons (Fsp3) is 0.346. The summed E-state index contributed by atoms with van der Waals surface area (Å²) in [6, 6.07) is 15.1. The maximum absolute atomic E-state index is 12.7. The first-order chi connectivity index (χ1) is 16.5. The predicted octanol–water partition coefficient (Wildman–Crippen LogP) is 4.34. The number of carbonyl (C=O) groups is 1. The first kappa shape index (κ1) is 23.4. The molecular weight excluding hydrogens is 430 g/mol. The smallest absolute Gasteiger partial charge is 0.271 e. The standard InChI is InChI=1S/C26H31N5O3/c1-18(2)34-23-13-12-20(16-24(23)33-4)25(32)28-27-17-22-19(3)29-31(21-10-6-5-7-11-21)26(22)30-14-8-9-15-30/h5-7,10-13,16-18H,8-9,14-15H2,1-4H3,(H,28,32)/b27-17+. The number of hydrogen-bond acceptors (Lipinski definition) is 6. The average molecular weight is 462 g/mol. The van der Waals surface area contributed by atoms with E-state index in [1.165, 1.54) is 0 Å². The summed E-state index contributed by atoms with van der Waals surface area (Å²) in [6.07, 6.45) is 3.97. The number of nitrogens with zero attached hydrogens (tertiary/aromatic N) is 4. The van der Waals surface area contributed by atoms with Gasteiger partial charge >= 0.3 is 0 Å². The number of ether oxygens (including phenoxy) is 2. The summed E-state index contributed by atoms with van der Waals surface area (Å²) in [5.41, 5.74) is 5.80. The second-order valence-electron chi connectivity index (χ2n) is 8.50. The lowest BCUT2D eigenvalue weighted by Crippen LogP contribution is -2.23. The molecule has 34 heavy (non-hydrogen) atoms. The van der Waals surface area contributed by atoms with Crippen molar-refractivity contribution in [2.75, 3.05) is 25.1 Å². The van der Waals surface area contributed by atoms with Gasteiger partial charge in [-0.1, -0.05) is 18.2 Å². The summed E-state index contributed by atoms with van der Waals surface area (Å²) in [5, 5.41) is 9.05. The van der Waals surface area contributed by atoms with Gasteiger partial charge in [0.2, 0.25) is 0 Å². The molecule has 2 heterocycles. The number of benzene rings is 2. The normalized spacial score (nSPS) is 13.6. The van der Waals surface area contributed by atoms with Crippen LogP contribution in [0.4, 0.5) is 5.82 Å². The van der Waals surface area contributed by atoms with Crippen LogP contribution in [-0.2, 0) is 0 Å². The van der Waals surface area contributed by atoms with Crippen molar-refractivity contribution in [2.45, 2.75) is 39.7 Å². The molecule has 0 radical (unpaired) electrons. The molecule has 0 saturated carbocycles. The Morgan fingerprint density at radius 2 is 1.85 bits per heavy atom. The van der Waals surface area contributed by atoms with Crippen molar-refractivity contribution in [3.63, 3.8) is 0 Å². The molecule has 178 valence electrons. The van der Waals surface area contributed by atoms with E-state index >= 15 is 0 Å². The summed E-state index contributed by atoms with van der Waals surface area (Å²) in [7, 11) is 1.55. The summed E-state index contributed by atoms with van der Waals surface area (Å²) >= 11 is 0. The van der Waals surface area contributed by atoms with Crippen molar-refractivity contribution in [1.29, 1.82) is 0 Å². The minimum Gasteiger partial charge on any atom is -0.493 e. The van der Waals surface area contributed by atoms with Crippen molar-refractivity contribution < 1.29 is 14.3 Å². The summed E-state index contributed by atoms with van der Waals surface area (Å²) < 4.78 is 13.1. The zero-order chi connectivity index (χ0) is 24.1. The number of carbonyl (C=O) groups excluding carboxylic acids is 1. The first-order valence-electron chi connectivity index (χ1n) is 11.6. The maximum Gasteiger partial charge on any atom is 0.271 e. The first-order valence-corrected chi connectivity index (χ1v) is 11.6. The lowest BCUT2D eigenvalue weighted by atomic mass is 10.2. The van der Waals surface area contributed by atoms with Gasteiger partial charge in [0.1, 0.15) is 5.82 Å². The van der Waals surface area contributed by atoms with Crippen LogP contribution in [0.25, 0.3) is 5.69 Å². The quantitative estimate of drug-likeness (QED) is 0.399. The van der Waals surface area contributed by atoms with Crippen LogP contribution in [-0.4, -0.2) is 48.2 Å². The number of rotatable bonds is 8. The van der Waals surface area contributed by atoms with Gasteiger partial charge < -0.3 is 14.4 Å². The third-order valence-electron chi connectivity index (χ3n) is 5.64. The van der Waals surface area contributed by atoms with E-state index < -0.39 is 0 Å². The molecule has 1 aliphatic rings. The molecule has 1 aliphatic heterocycles. The number of amides is 1. The van der Waals surface area contributed by atoms with Gasteiger partial charge in [0.15, 0.2) is 11.5 Å². The Kier molecular flexibility index (Phi) is 7.15. The van der Waals surface area contributed by atoms with E-state index in [0.717, 1.165) is 48.7 Å². The van der Waals surface area contributed by atoms with E-state index in [2.05, 4.69) is 15.4 Å². The van der Waals surface area contributed by atoms with Crippen molar-refractivity contribution in [3.05, 3.63) is 65.4 Å². The highest BCUT2D eigenvalue weighted by Crippen LogP contribution is 2.30. The van der Waals surface area contributed by atoms with Gasteiger partial charge in [-0.25, -0.2) is 10.1 Å². The zero-order valence-corrected chi connectivity index (χ0v) is 20.1. The van der Waals surface area contributed by atoms with Gasteiger partial charge in [-0.2, -0.15) is 10.2 Å². The molecule has 4 rings (SSSR count). The molecule has 2 aromatic carbocycles. The van der Waals surface area contributed by atoms with Crippen LogP contribution in [0, 0.1) is 6.92 Å². The molecule has 0 atom stereocenters. The number of nitrogens with one attached hydrogen (secondary N) is 1. The fourth-order valence-corrected chi connectivity index (χ4v) is 4.04. The van der Waals surface area contributed by atoms with Crippen LogP contribution >= 0.6 is 0 Å². The Morgan fingerprint density at radius 3 is 2.53 bits per heavy atom. The van der Waals surface area contributed by atoms with Crippen LogP contribution in [0.1, 0.15) is 48.3 Å². The highest BCUT2D eigenvalue weighted by molar-refractivity contribution is 5.96. The number of methoxy groups -OCH3 is 1. The molecule has 1 fully saturated rings. The summed E-state index contributed by atoms with van der Waals surface area (Å²) in [4.78, 5) is 15.1. The Balaban J connectivity index is 1.57. The highest BCUT2D eigenvalue weighted by atomic mass is 16.5. The van der Waals surface area contributed by atoms with Crippen molar-refractivity contribution in [2.24, 2.45) is 5.10 Å². The van der Waals surface area contributed by atoms with Crippen LogP contribution < -0.4 is 19.8 Å². The van der Waals surface area contributed by atoms with E-state index in [1.807, 2.05) is 55.8 Å². The van der Waals surface area contributed by atoms with Gasteiger partial charge in [0.05, 0.1) is 36.4 Å². The lowest BCUT2D eigenvalue weighted by Gasteiger charge is -2.20. The Hall–Kier alpha value is -3.81. The molecule has 1 aromatic heterocycles. The minimum absolute atomic E-state index is 0.00280. The van der Waals surface area contributed by atoms with E-state index in [-0.39, 0.29) is 12.0 Å². The van der Waals surface area contributed by atoms with E-state index in [1.54, 1.807) is 31.5 Å². The van der Waals surface area contributed by atoms with Crippen molar-refractivity contribution >= 4 is 17.9 Å². The maximum atomic E-state index is 12.7. The van der Waals surface area contributed by atoms with Crippen LogP contribution in [0.5, 0.6) is 11.5 Å². The molecule has 8 nitrogen and oxygen atoms in total. The topological polar surface area (TPSA) is 81.0 Å². The Labute approximate surface area is 200 Å². The van der Waals surface area contributed by atoms with Gasteiger partial charge in [0.25, 0.3) is 5.91 Å². The zero-order valence-electron chi connectivity index (χ0n) is 20.1. The van der Waals surface area contributed by atoms with Gasteiger partial charge in [-0.3, -0.25) is 4.79 Å². The third-order valence-corrected chi connectivity index (χ3v) is 5.64. The lowest BCUT2D eigenvalue weighted by molar-refractivity contribution is 0.0954. The second-order valence-corrected chi connectivity index (χ2v) is 8.50. The summed E-state index contributed by atoms with van der Waals surface area (Å²) in [6.45, 7) is 7.77. The number of para-hydroxylation sites is 1. The van der Waals surface area contributed by atoms with Crippen LogP contribution in [0.2, 0.25) is 0 Å². The number of anilines is 1. The minimum atomic E-state index is -0.332. The number of hydrazone groups is 1. The second kappa shape index (κ2) is 10.4. The van der Waals surface area contributed by atoms with E-state index in [0.29, 0.717) is 17.1 Å². The number of hydrogen-bond donors (Lipinski definition) is 1. The summed E-state index contributed by atoms with van der Waals surface area (Å²) in [5.74, 6) is 1.76. The number of aryl methyl sites for hydroxylation is 1. The number of aromatic nitrogens is 2. The molecule has 0 spiro atoms. The van der Waals surface area contributed by atoms with Gasteiger partial charge in [-0.15, -0.1) is 0 Å². The SMILES string of the molecule is COc1cc(C(=O)N/N=C/c2c(C)nn(-c3ccccc3)c2N2CCCC2)ccc1OC(C)C. The molecular formula is C26H31N5O3. The molecule has 1 amide bonds. The van der Waals surface area contributed by atoms with E-state index in [4.69, 9.17) is 14.6 Å². The monoisotopic (exact) mass is 461 g/mol. The molecule has 0 unspecified atom stereocenters. The molecule has 1 N–H and O–H groups in total. The van der Waals surface area contributed by atoms with Gasteiger partial charge in [0, 0.05) is 18.7 Å². The van der Waals surface area contributed by atoms with Crippen LogP contribution in [0.3, 0.4) is 0 Å². The van der Waals surface area contributed by atoms with E-state index in [9.17, 15) is 4.79 Å². The molecule has 1 saturated heterocycles. The average Bonchev–Trinajstić information content (AvgIpc) is 3.47. The molecule has 0 aliphatic carbocycles. The van der Waals surface area contributed by atoms with Crippen LogP contribution in [0.15, 0.2) is 53.6 Å². The largest absolute Gasteiger partial charge is 0.493 e. The van der Waals surface area contributed by atoms with Crippen molar-refractivity contribution in [1.82, 2.24) is 15.2 Å². The highest BCUT2D eigenvalue weighted by Gasteiger charge is 2.23. The predicted molar refractivity (Wildman–Crippen MR) is 134 cm³/mol. The Bertz CT molecular complexity index is 1160. The van der Waals surface area contributed by atoms with Gasteiger partial charge in [-0.05, 0) is 63.9 Å². The molecule has 3 aromatic rings. The third kappa shape index (κ3) is 5.06. The fourth-order valence-electron chi connectivity index (χ4n) is 4.04. The van der Waals surface area contributed by atoms with Crippen molar-refractivity contribution in [3.8, 4) is 17.2 Å².